The molecule has 118 valence electrons. The number of benzene rings is 1. The summed E-state index contributed by atoms with van der Waals surface area (Å²) < 4.78 is 5.30. The molecule has 6 heteroatoms. The largest absolute Gasteiger partial charge is 0.467 e. The van der Waals surface area contributed by atoms with Crippen LogP contribution in [0.5, 0.6) is 0 Å². The third-order valence-electron chi connectivity index (χ3n) is 3.72. The van der Waals surface area contributed by atoms with E-state index in [9.17, 15) is 14.9 Å². The van der Waals surface area contributed by atoms with Crippen molar-refractivity contribution < 1.29 is 14.1 Å². The van der Waals surface area contributed by atoms with Crippen LogP contribution in [0, 0.1) is 10.1 Å². The molecule has 0 atom stereocenters. The van der Waals surface area contributed by atoms with E-state index < -0.39 is 4.92 Å². The number of hydrogen-bond donors (Lipinski definition) is 0. The van der Waals surface area contributed by atoms with Gasteiger partial charge >= 0.3 is 0 Å². The zero-order valence-electron chi connectivity index (χ0n) is 12.4. The molecule has 1 amide bonds. The Hall–Kier alpha value is -2.89. The van der Waals surface area contributed by atoms with E-state index in [4.69, 9.17) is 4.42 Å². The molecule has 1 saturated carbocycles. The topological polar surface area (TPSA) is 76.6 Å². The molecule has 1 aliphatic rings. The number of nitro benzene ring substituents is 1. The van der Waals surface area contributed by atoms with E-state index >= 15 is 0 Å². The molecule has 0 bridgehead atoms. The number of nitro groups is 1. The van der Waals surface area contributed by atoms with Gasteiger partial charge in [0, 0.05) is 18.2 Å². The van der Waals surface area contributed by atoms with Gasteiger partial charge in [-0.05, 0) is 37.1 Å². The molecular formula is C17H16N2O4. The summed E-state index contributed by atoms with van der Waals surface area (Å²) in [4.78, 5) is 24.7. The van der Waals surface area contributed by atoms with Gasteiger partial charge in [0.1, 0.15) is 5.76 Å². The highest BCUT2D eigenvalue weighted by Gasteiger charge is 2.32. The summed E-state index contributed by atoms with van der Waals surface area (Å²) in [5, 5.41) is 11.0. The van der Waals surface area contributed by atoms with E-state index in [2.05, 4.69) is 0 Å². The molecule has 0 saturated heterocycles. The first-order valence-corrected chi connectivity index (χ1v) is 7.39. The Morgan fingerprint density at radius 1 is 1.30 bits per heavy atom. The predicted octanol–water partition coefficient (Wildman–Crippen LogP) is 3.39. The van der Waals surface area contributed by atoms with Gasteiger partial charge in [-0.2, -0.15) is 0 Å². The van der Waals surface area contributed by atoms with Crippen molar-refractivity contribution in [3.8, 4) is 0 Å². The monoisotopic (exact) mass is 312 g/mol. The fraction of sp³-hybridized carbons (Fsp3) is 0.235. The zero-order valence-corrected chi connectivity index (χ0v) is 12.4. The van der Waals surface area contributed by atoms with Gasteiger partial charge in [-0.1, -0.05) is 12.1 Å². The second-order valence-corrected chi connectivity index (χ2v) is 5.43. The van der Waals surface area contributed by atoms with Crippen molar-refractivity contribution in [3.63, 3.8) is 0 Å². The molecule has 6 nitrogen and oxygen atoms in total. The third kappa shape index (κ3) is 3.66. The van der Waals surface area contributed by atoms with Gasteiger partial charge in [-0.25, -0.2) is 0 Å². The second-order valence-electron chi connectivity index (χ2n) is 5.43. The van der Waals surface area contributed by atoms with Crippen molar-refractivity contribution in [1.82, 2.24) is 4.90 Å². The maximum absolute atomic E-state index is 12.4. The van der Waals surface area contributed by atoms with Gasteiger partial charge in [-0.15, -0.1) is 0 Å². The highest BCUT2D eigenvalue weighted by Crippen LogP contribution is 2.29. The molecule has 0 unspecified atom stereocenters. The fourth-order valence-corrected chi connectivity index (χ4v) is 2.40. The fourth-order valence-electron chi connectivity index (χ4n) is 2.40. The van der Waals surface area contributed by atoms with Crippen LogP contribution in [0.2, 0.25) is 0 Å². The van der Waals surface area contributed by atoms with Crippen LogP contribution in [-0.2, 0) is 11.3 Å². The van der Waals surface area contributed by atoms with E-state index in [1.807, 2.05) is 6.07 Å². The number of furan rings is 1. The molecule has 1 aromatic carbocycles. The van der Waals surface area contributed by atoms with Crippen LogP contribution in [0.1, 0.15) is 24.2 Å². The number of para-hydroxylation sites is 1. The standard InChI is InChI=1S/C17H16N2O4/c20-17(10-7-13-4-1-2-6-16(13)19(21)22)18(14-8-9-14)12-15-5-3-11-23-15/h1-7,10-11,14H,8-9,12H2/b10-7+. The molecule has 0 N–H and O–H groups in total. The van der Waals surface area contributed by atoms with Gasteiger partial charge in [0.15, 0.2) is 0 Å². The molecule has 1 fully saturated rings. The van der Waals surface area contributed by atoms with Crippen LogP contribution < -0.4 is 0 Å². The first-order valence-electron chi connectivity index (χ1n) is 7.39. The maximum Gasteiger partial charge on any atom is 0.276 e. The Labute approximate surface area is 133 Å². The Morgan fingerprint density at radius 3 is 2.74 bits per heavy atom. The van der Waals surface area contributed by atoms with Crippen molar-refractivity contribution in [2.45, 2.75) is 25.4 Å². The Morgan fingerprint density at radius 2 is 2.09 bits per heavy atom. The predicted molar refractivity (Wildman–Crippen MR) is 84.4 cm³/mol. The summed E-state index contributed by atoms with van der Waals surface area (Å²) in [5.41, 5.74) is 0.403. The summed E-state index contributed by atoms with van der Waals surface area (Å²) in [7, 11) is 0. The minimum Gasteiger partial charge on any atom is -0.467 e. The van der Waals surface area contributed by atoms with Gasteiger partial charge in [-0.3, -0.25) is 14.9 Å². The number of rotatable bonds is 6. The highest BCUT2D eigenvalue weighted by molar-refractivity contribution is 5.92. The Balaban J connectivity index is 1.75. The number of nitrogens with zero attached hydrogens (tertiary/aromatic N) is 2. The van der Waals surface area contributed by atoms with Crippen LogP contribution in [0.15, 0.2) is 53.2 Å². The summed E-state index contributed by atoms with van der Waals surface area (Å²) in [6.07, 6.45) is 6.42. The Kier molecular flexibility index (Phi) is 4.23. The molecular weight excluding hydrogens is 296 g/mol. The summed E-state index contributed by atoms with van der Waals surface area (Å²) in [6, 6.07) is 10.2. The minimum atomic E-state index is -0.453. The molecule has 0 radical (unpaired) electrons. The molecule has 1 heterocycles. The number of hydrogen-bond acceptors (Lipinski definition) is 4. The SMILES string of the molecule is O=C(/C=C/c1ccccc1[N+](=O)[O-])N(Cc1ccco1)C1CC1. The van der Waals surface area contributed by atoms with Crippen molar-refractivity contribution in [3.05, 3.63) is 70.2 Å². The van der Waals surface area contributed by atoms with Crippen LogP contribution in [0.4, 0.5) is 5.69 Å². The molecule has 23 heavy (non-hydrogen) atoms. The smallest absolute Gasteiger partial charge is 0.276 e. The van der Waals surface area contributed by atoms with E-state index in [0.29, 0.717) is 12.1 Å². The summed E-state index contributed by atoms with van der Waals surface area (Å²) in [6.45, 7) is 0.414. The van der Waals surface area contributed by atoms with Crippen molar-refractivity contribution in [2.75, 3.05) is 0 Å². The van der Waals surface area contributed by atoms with Gasteiger partial charge in [0.25, 0.3) is 5.69 Å². The van der Waals surface area contributed by atoms with Gasteiger partial charge in [0.2, 0.25) is 5.91 Å². The quantitative estimate of drug-likeness (QED) is 0.465. The molecule has 1 aliphatic carbocycles. The number of amides is 1. The molecule has 2 aromatic rings. The lowest BCUT2D eigenvalue weighted by Crippen LogP contribution is -2.30. The van der Waals surface area contributed by atoms with Gasteiger partial charge < -0.3 is 9.32 Å². The minimum absolute atomic E-state index is 0.0134. The van der Waals surface area contributed by atoms with Crippen LogP contribution in [-0.4, -0.2) is 21.8 Å². The van der Waals surface area contributed by atoms with Crippen LogP contribution in [0.3, 0.4) is 0 Å². The zero-order chi connectivity index (χ0) is 16.2. The number of carbonyl (C=O) groups is 1. The Bertz CT molecular complexity index is 733. The molecule has 3 rings (SSSR count). The highest BCUT2D eigenvalue weighted by atomic mass is 16.6. The van der Waals surface area contributed by atoms with E-state index in [1.54, 1.807) is 35.4 Å². The maximum atomic E-state index is 12.4. The molecule has 0 spiro atoms. The number of carbonyl (C=O) groups excluding carboxylic acids is 1. The first kappa shape index (κ1) is 15.0. The lowest BCUT2D eigenvalue weighted by molar-refractivity contribution is -0.385. The van der Waals surface area contributed by atoms with Crippen LogP contribution >= 0.6 is 0 Å². The summed E-state index contributed by atoms with van der Waals surface area (Å²) >= 11 is 0. The van der Waals surface area contributed by atoms with E-state index in [1.165, 1.54) is 18.2 Å². The lowest BCUT2D eigenvalue weighted by atomic mass is 10.1. The normalized spacial score (nSPS) is 14.1. The van der Waals surface area contributed by atoms with Crippen molar-refractivity contribution >= 4 is 17.7 Å². The van der Waals surface area contributed by atoms with Crippen LogP contribution in [0.25, 0.3) is 6.08 Å². The van der Waals surface area contributed by atoms with Gasteiger partial charge in [0.05, 0.1) is 23.3 Å². The lowest BCUT2D eigenvalue weighted by Gasteiger charge is -2.19. The summed E-state index contributed by atoms with van der Waals surface area (Å²) in [5.74, 6) is 0.561. The van der Waals surface area contributed by atoms with E-state index in [-0.39, 0.29) is 17.6 Å². The second kappa shape index (κ2) is 6.48. The third-order valence-corrected chi connectivity index (χ3v) is 3.72. The average molecular weight is 312 g/mol. The van der Waals surface area contributed by atoms with E-state index in [0.717, 1.165) is 18.6 Å². The van der Waals surface area contributed by atoms with Crippen molar-refractivity contribution in [1.29, 1.82) is 0 Å². The van der Waals surface area contributed by atoms with Crippen molar-refractivity contribution in [2.24, 2.45) is 0 Å². The first-order chi connectivity index (χ1) is 11.1. The molecule has 0 aliphatic heterocycles. The molecule has 1 aromatic heterocycles. The average Bonchev–Trinajstić information content (AvgIpc) is 3.26.